The molecule has 7 aromatic rings. The van der Waals surface area contributed by atoms with Crippen molar-refractivity contribution >= 4 is 53.6 Å². The second kappa shape index (κ2) is 6.30. The first kappa shape index (κ1) is 16.9. The number of fused-ring (bicyclic) bond motifs is 6. The van der Waals surface area contributed by atoms with Crippen LogP contribution in [0.2, 0.25) is 0 Å². The van der Waals surface area contributed by atoms with E-state index in [0.29, 0.717) is 0 Å². The summed E-state index contributed by atoms with van der Waals surface area (Å²) >= 11 is 1.87. The number of para-hydroxylation sites is 3. The quantitative estimate of drug-likeness (QED) is 0.290. The first-order chi connectivity index (χ1) is 15.4. The first-order valence-corrected chi connectivity index (χ1v) is 11.1. The van der Waals surface area contributed by atoms with Crippen molar-refractivity contribution < 1.29 is 0 Å². The van der Waals surface area contributed by atoms with E-state index in [2.05, 4.69) is 100 Å². The molecule has 0 atom stereocenters. The summed E-state index contributed by atoms with van der Waals surface area (Å²) in [5.74, 6) is 0. The molecule has 0 N–H and O–H groups in total. The molecule has 146 valence electrons. The first-order valence-electron chi connectivity index (χ1n) is 10.3. The summed E-state index contributed by atoms with van der Waals surface area (Å²) in [5, 5.41) is 2.58. The minimum Gasteiger partial charge on any atom is -0.305 e. The van der Waals surface area contributed by atoms with E-state index in [0.717, 1.165) is 22.4 Å². The van der Waals surface area contributed by atoms with Crippen LogP contribution in [0.15, 0.2) is 103 Å². The zero-order valence-electron chi connectivity index (χ0n) is 16.6. The van der Waals surface area contributed by atoms with Gasteiger partial charge in [-0.05, 0) is 36.4 Å². The molecule has 3 nitrogen and oxygen atoms in total. The Morgan fingerprint density at radius 3 is 2.29 bits per heavy atom. The molecule has 0 unspecified atom stereocenters. The normalized spacial score (nSPS) is 11.9. The monoisotopic (exact) mass is 415 g/mol. The van der Waals surface area contributed by atoms with Crippen LogP contribution in [0.4, 0.5) is 0 Å². The van der Waals surface area contributed by atoms with E-state index in [4.69, 9.17) is 4.98 Å². The lowest BCUT2D eigenvalue weighted by Gasteiger charge is -2.10. The summed E-state index contributed by atoms with van der Waals surface area (Å²) in [6.45, 7) is 0. The molecule has 0 spiro atoms. The van der Waals surface area contributed by atoms with Crippen molar-refractivity contribution in [2.24, 2.45) is 0 Å². The van der Waals surface area contributed by atoms with E-state index >= 15 is 0 Å². The molecule has 0 saturated heterocycles. The average Bonchev–Trinajstić information content (AvgIpc) is 3.51. The van der Waals surface area contributed by atoms with Crippen LogP contribution in [0.3, 0.4) is 0 Å². The topological polar surface area (TPSA) is 22.8 Å². The number of hydrogen-bond donors (Lipinski definition) is 0. The highest BCUT2D eigenvalue weighted by Gasteiger charge is 2.19. The summed E-state index contributed by atoms with van der Waals surface area (Å²) in [6.07, 6.45) is 1.93. The Hall–Kier alpha value is -3.89. The van der Waals surface area contributed by atoms with E-state index in [-0.39, 0.29) is 0 Å². The third-order valence-electron chi connectivity index (χ3n) is 6.01. The molecular weight excluding hydrogens is 398 g/mol. The van der Waals surface area contributed by atoms with Crippen LogP contribution in [0, 0.1) is 0 Å². The highest BCUT2D eigenvalue weighted by atomic mass is 32.1. The van der Waals surface area contributed by atoms with Crippen LogP contribution in [-0.2, 0) is 0 Å². The Bertz CT molecular complexity index is 1730. The van der Waals surface area contributed by atoms with E-state index in [1.165, 1.54) is 31.2 Å². The molecule has 4 aromatic carbocycles. The van der Waals surface area contributed by atoms with E-state index < -0.39 is 0 Å². The van der Waals surface area contributed by atoms with Gasteiger partial charge in [0.1, 0.15) is 11.8 Å². The molecule has 0 aliphatic carbocycles. The molecule has 0 aliphatic heterocycles. The Labute approximate surface area is 182 Å². The van der Waals surface area contributed by atoms with Crippen LogP contribution in [-0.4, -0.2) is 14.1 Å². The molecule has 0 amide bonds. The Morgan fingerprint density at radius 1 is 0.645 bits per heavy atom. The predicted octanol–water partition coefficient (Wildman–Crippen LogP) is 7.34. The van der Waals surface area contributed by atoms with Crippen molar-refractivity contribution in [3.05, 3.63) is 103 Å². The number of benzene rings is 4. The standard InChI is InChI=1S/C27H17N3S/c1-2-9-18(10-3-1)29-17-28-25-22(29)14-8-15-23(25)30-21-13-6-4-11-19(21)27-26(30)20-12-5-7-16-24(20)31-27/h1-17H. The van der Waals surface area contributed by atoms with Gasteiger partial charge in [0.05, 0.1) is 26.9 Å². The van der Waals surface area contributed by atoms with E-state index in [9.17, 15) is 0 Å². The van der Waals surface area contributed by atoms with Crippen molar-refractivity contribution in [3.8, 4) is 11.4 Å². The zero-order valence-corrected chi connectivity index (χ0v) is 17.4. The second-order valence-corrected chi connectivity index (χ2v) is 8.78. The van der Waals surface area contributed by atoms with Crippen molar-refractivity contribution in [2.75, 3.05) is 0 Å². The smallest absolute Gasteiger partial charge is 0.113 e. The number of nitrogens with zero attached hydrogens (tertiary/aromatic N) is 3. The zero-order chi connectivity index (χ0) is 20.4. The van der Waals surface area contributed by atoms with Gasteiger partial charge in [-0.25, -0.2) is 4.98 Å². The molecular formula is C27H17N3S. The second-order valence-electron chi connectivity index (χ2n) is 7.72. The SMILES string of the molecule is c1ccc(-n2cnc3c(-n4c5ccccc5c5sc6ccccc6c54)cccc32)cc1. The molecule has 3 heterocycles. The van der Waals surface area contributed by atoms with Gasteiger partial charge in [-0.2, -0.15) is 0 Å². The summed E-state index contributed by atoms with van der Waals surface area (Å²) < 4.78 is 7.20. The Balaban J connectivity index is 1.63. The van der Waals surface area contributed by atoms with Gasteiger partial charge < -0.3 is 4.57 Å². The van der Waals surface area contributed by atoms with Gasteiger partial charge in [-0.1, -0.05) is 60.7 Å². The fourth-order valence-corrected chi connectivity index (χ4v) is 5.89. The number of aromatic nitrogens is 3. The largest absolute Gasteiger partial charge is 0.305 e. The lowest BCUT2D eigenvalue weighted by atomic mass is 10.2. The molecule has 3 aromatic heterocycles. The predicted molar refractivity (Wildman–Crippen MR) is 131 cm³/mol. The molecule has 0 radical (unpaired) electrons. The van der Waals surface area contributed by atoms with Gasteiger partial charge in [0, 0.05) is 21.2 Å². The third-order valence-corrected chi connectivity index (χ3v) is 7.21. The summed E-state index contributed by atoms with van der Waals surface area (Å²) in [5.41, 5.74) is 6.82. The van der Waals surface area contributed by atoms with Gasteiger partial charge >= 0.3 is 0 Å². The number of hydrogen-bond acceptors (Lipinski definition) is 2. The maximum absolute atomic E-state index is 4.87. The van der Waals surface area contributed by atoms with Crippen molar-refractivity contribution in [3.63, 3.8) is 0 Å². The molecule has 0 fully saturated rings. The minimum atomic E-state index is 1.00. The summed E-state index contributed by atoms with van der Waals surface area (Å²) in [7, 11) is 0. The van der Waals surface area contributed by atoms with E-state index in [1.54, 1.807) is 0 Å². The lowest BCUT2D eigenvalue weighted by Crippen LogP contribution is -1.96. The fraction of sp³-hybridized carbons (Fsp3) is 0. The number of thiophene rings is 1. The van der Waals surface area contributed by atoms with Crippen LogP contribution in [0.1, 0.15) is 0 Å². The number of rotatable bonds is 2. The molecule has 31 heavy (non-hydrogen) atoms. The van der Waals surface area contributed by atoms with Gasteiger partial charge in [-0.3, -0.25) is 4.57 Å². The maximum Gasteiger partial charge on any atom is 0.113 e. The van der Waals surface area contributed by atoms with Crippen LogP contribution in [0.25, 0.3) is 53.6 Å². The van der Waals surface area contributed by atoms with Gasteiger partial charge in [-0.15, -0.1) is 11.3 Å². The minimum absolute atomic E-state index is 1.00. The fourth-order valence-electron chi connectivity index (χ4n) is 4.67. The van der Waals surface area contributed by atoms with Gasteiger partial charge in [0.25, 0.3) is 0 Å². The molecule has 7 rings (SSSR count). The molecule has 4 heteroatoms. The Morgan fingerprint density at radius 2 is 1.39 bits per heavy atom. The third kappa shape index (κ3) is 2.31. The molecule has 0 aliphatic rings. The Kier molecular flexibility index (Phi) is 3.43. The molecule has 0 bridgehead atoms. The van der Waals surface area contributed by atoms with Crippen molar-refractivity contribution in [1.82, 2.24) is 14.1 Å². The lowest BCUT2D eigenvalue weighted by molar-refractivity contribution is 1.09. The highest BCUT2D eigenvalue weighted by molar-refractivity contribution is 7.26. The average molecular weight is 416 g/mol. The summed E-state index contributed by atoms with van der Waals surface area (Å²) in [4.78, 5) is 4.87. The van der Waals surface area contributed by atoms with E-state index in [1.807, 2.05) is 23.7 Å². The van der Waals surface area contributed by atoms with Crippen LogP contribution in [0.5, 0.6) is 0 Å². The van der Waals surface area contributed by atoms with Gasteiger partial charge in [0.2, 0.25) is 0 Å². The highest BCUT2D eigenvalue weighted by Crippen LogP contribution is 2.42. The maximum atomic E-state index is 4.87. The molecule has 0 saturated carbocycles. The van der Waals surface area contributed by atoms with Gasteiger partial charge in [0.15, 0.2) is 0 Å². The van der Waals surface area contributed by atoms with Crippen molar-refractivity contribution in [2.45, 2.75) is 0 Å². The van der Waals surface area contributed by atoms with Crippen LogP contribution < -0.4 is 0 Å². The number of imidazole rings is 1. The summed E-state index contributed by atoms with van der Waals surface area (Å²) in [6, 6.07) is 34.2. The van der Waals surface area contributed by atoms with Crippen molar-refractivity contribution in [1.29, 1.82) is 0 Å². The van der Waals surface area contributed by atoms with Crippen LogP contribution >= 0.6 is 11.3 Å².